The maximum Gasteiger partial charge on any atom is 0.264 e. The maximum atomic E-state index is 14.0. The van der Waals surface area contributed by atoms with E-state index in [2.05, 4.69) is 19.4 Å². The molecule has 0 atom stereocenters. The molecular formula is C24H19Cl2FN4O5S. The van der Waals surface area contributed by atoms with E-state index in [-0.39, 0.29) is 50.3 Å². The molecule has 37 heavy (non-hydrogen) atoms. The first-order chi connectivity index (χ1) is 17.6. The van der Waals surface area contributed by atoms with Gasteiger partial charge in [-0.15, -0.1) is 0 Å². The molecule has 0 saturated heterocycles. The zero-order valence-corrected chi connectivity index (χ0v) is 21.7. The average molecular weight is 565 g/mol. The summed E-state index contributed by atoms with van der Waals surface area (Å²) < 4.78 is 51.6. The van der Waals surface area contributed by atoms with Crippen LogP contribution in [0.2, 0.25) is 10.0 Å². The molecular weight excluding hydrogens is 546 g/mol. The Morgan fingerprint density at radius 3 is 2.54 bits per heavy atom. The van der Waals surface area contributed by atoms with Gasteiger partial charge in [0.05, 0.1) is 17.8 Å². The van der Waals surface area contributed by atoms with Crippen LogP contribution in [0.15, 0.2) is 70.4 Å². The molecule has 9 nitrogen and oxygen atoms in total. The molecule has 4 rings (SSSR count). The Balaban J connectivity index is 1.75. The molecule has 2 heterocycles. The van der Waals surface area contributed by atoms with Crippen molar-refractivity contribution in [3.8, 4) is 16.9 Å². The summed E-state index contributed by atoms with van der Waals surface area (Å²) in [7, 11) is -2.60. The predicted octanol–water partition coefficient (Wildman–Crippen LogP) is 6.07. The van der Waals surface area contributed by atoms with Gasteiger partial charge in [-0.05, 0) is 48.0 Å². The summed E-state index contributed by atoms with van der Waals surface area (Å²) in [5.74, 6) is -0.525. The molecule has 0 saturated carbocycles. The van der Waals surface area contributed by atoms with Gasteiger partial charge >= 0.3 is 0 Å². The lowest BCUT2D eigenvalue weighted by molar-refractivity contribution is -0.117. The molecule has 0 spiro atoms. The number of benzene rings is 2. The molecule has 1 amide bonds. The van der Waals surface area contributed by atoms with Crippen molar-refractivity contribution in [1.29, 1.82) is 0 Å². The minimum atomic E-state index is -4.00. The molecule has 0 bridgehead atoms. The molecule has 1 N–H and O–H groups in total. The maximum absolute atomic E-state index is 14.0. The first-order valence-electron chi connectivity index (χ1n) is 10.7. The normalized spacial score (nSPS) is 11.3. The summed E-state index contributed by atoms with van der Waals surface area (Å²) in [6.45, 7) is 1.66. The van der Waals surface area contributed by atoms with Crippen LogP contribution in [0.4, 0.5) is 21.7 Å². The SMILES string of the molecule is CCC(=O)N(c1ccc(S(=O)(=O)Nc2ccon2)cn1)c1cc(Cl)c(-c2cc(F)cc(Cl)c2)cc1OC. The first kappa shape index (κ1) is 26.4. The second-order valence-corrected chi connectivity index (χ2v) is 10.1. The molecule has 0 aliphatic rings. The molecule has 192 valence electrons. The number of halogens is 3. The molecule has 0 unspecified atom stereocenters. The van der Waals surface area contributed by atoms with Gasteiger partial charge in [-0.25, -0.2) is 17.8 Å². The van der Waals surface area contributed by atoms with Crippen molar-refractivity contribution in [1.82, 2.24) is 10.1 Å². The summed E-state index contributed by atoms with van der Waals surface area (Å²) >= 11 is 12.6. The number of anilines is 3. The third-order valence-corrected chi connectivity index (χ3v) is 7.04. The summed E-state index contributed by atoms with van der Waals surface area (Å²) in [4.78, 5) is 18.3. The number of rotatable bonds is 8. The van der Waals surface area contributed by atoms with Gasteiger partial charge in [0.15, 0.2) is 5.82 Å². The summed E-state index contributed by atoms with van der Waals surface area (Å²) in [6, 6.07) is 11.0. The van der Waals surface area contributed by atoms with Crippen LogP contribution in [0.3, 0.4) is 0 Å². The number of carbonyl (C=O) groups excluding carboxylic acids is 1. The van der Waals surface area contributed by atoms with E-state index in [1.54, 1.807) is 19.1 Å². The minimum absolute atomic E-state index is 0.00548. The second kappa shape index (κ2) is 10.8. The van der Waals surface area contributed by atoms with Gasteiger partial charge < -0.3 is 9.26 Å². The largest absolute Gasteiger partial charge is 0.495 e. The number of hydrogen-bond donors (Lipinski definition) is 1. The van der Waals surface area contributed by atoms with Gasteiger partial charge in [0, 0.05) is 29.3 Å². The van der Waals surface area contributed by atoms with E-state index < -0.39 is 15.8 Å². The van der Waals surface area contributed by atoms with Crippen molar-refractivity contribution in [3.63, 3.8) is 0 Å². The van der Waals surface area contributed by atoms with Gasteiger partial charge in [-0.1, -0.05) is 35.3 Å². The molecule has 13 heteroatoms. The fourth-order valence-electron chi connectivity index (χ4n) is 3.48. The van der Waals surface area contributed by atoms with E-state index >= 15 is 0 Å². The van der Waals surface area contributed by atoms with E-state index in [1.165, 1.54) is 54.7 Å². The number of pyridine rings is 1. The molecule has 2 aromatic heterocycles. The molecule has 0 aliphatic carbocycles. The zero-order valence-electron chi connectivity index (χ0n) is 19.4. The highest BCUT2D eigenvalue weighted by Gasteiger charge is 2.25. The van der Waals surface area contributed by atoms with Crippen molar-refractivity contribution >= 4 is 56.5 Å². The van der Waals surface area contributed by atoms with Gasteiger partial charge in [-0.3, -0.25) is 14.4 Å². The van der Waals surface area contributed by atoms with Crippen molar-refractivity contribution in [2.45, 2.75) is 18.2 Å². The number of hydrogen-bond acceptors (Lipinski definition) is 7. The number of amides is 1. The highest BCUT2D eigenvalue weighted by Crippen LogP contribution is 2.42. The Bertz CT molecular complexity index is 1530. The third kappa shape index (κ3) is 5.68. The van der Waals surface area contributed by atoms with E-state index in [9.17, 15) is 17.6 Å². The van der Waals surface area contributed by atoms with Crippen molar-refractivity contribution in [3.05, 3.63) is 76.9 Å². The Kier molecular flexibility index (Phi) is 7.67. The number of sulfonamides is 1. The predicted molar refractivity (Wildman–Crippen MR) is 137 cm³/mol. The topological polar surface area (TPSA) is 115 Å². The quantitative estimate of drug-likeness (QED) is 0.276. The van der Waals surface area contributed by atoms with Crippen LogP contribution in [-0.4, -0.2) is 31.6 Å². The van der Waals surface area contributed by atoms with Gasteiger partial charge in [0.1, 0.15) is 28.5 Å². The van der Waals surface area contributed by atoms with Gasteiger partial charge in [-0.2, -0.15) is 0 Å². The smallest absolute Gasteiger partial charge is 0.264 e. The first-order valence-corrected chi connectivity index (χ1v) is 12.9. The van der Waals surface area contributed by atoms with E-state index in [0.29, 0.717) is 11.1 Å². The fraction of sp³-hybridized carbons (Fsp3) is 0.125. The highest BCUT2D eigenvalue weighted by atomic mass is 35.5. The lowest BCUT2D eigenvalue weighted by Gasteiger charge is -2.24. The Hall–Kier alpha value is -3.67. The number of carbonyl (C=O) groups is 1. The third-order valence-electron chi connectivity index (χ3n) is 5.17. The fourth-order valence-corrected chi connectivity index (χ4v) is 4.91. The number of nitrogens with zero attached hydrogens (tertiary/aromatic N) is 3. The highest BCUT2D eigenvalue weighted by molar-refractivity contribution is 7.92. The average Bonchev–Trinajstić information content (AvgIpc) is 3.36. The van der Waals surface area contributed by atoms with Crippen molar-refractivity contribution in [2.75, 3.05) is 16.7 Å². The summed E-state index contributed by atoms with van der Waals surface area (Å²) in [6.07, 6.45) is 2.42. The summed E-state index contributed by atoms with van der Waals surface area (Å²) in [5.41, 5.74) is 1.11. The van der Waals surface area contributed by atoms with Crippen molar-refractivity contribution in [2.24, 2.45) is 0 Å². The second-order valence-electron chi connectivity index (χ2n) is 7.59. The Morgan fingerprint density at radius 1 is 1.16 bits per heavy atom. The van der Waals surface area contributed by atoms with E-state index in [0.717, 1.165) is 6.20 Å². The number of nitrogens with one attached hydrogen (secondary N) is 1. The van der Waals surface area contributed by atoms with Crippen LogP contribution in [0.5, 0.6) is 5.75 Å². The minimum Gasteiger partial charge on any atom is -0.495 e. The lowest BCUT2D eigenvalue weighted by Crippen LogP contribution is -2.26. The molecule has 2 aromatic carbocycles. The molecule has 0 radical (unpaired) electrons. The monoisotopic (exact) mass is 564 g/mol. The van der Waals surface area contributed by atoms with Crippen LogP contribution in [0.25, 0.3) is 11.1 Å². The molecule has 0 fully saturated rings. The van der Waals surface area contributed by atoms with Crippen LogP contribution in [0, 0.1) is 5.82 Å². The van der Waals surface area contributed by atoms with Crippen LogP contribution >= 0.6 is 23.2 Å². The Labute approximate surface area is 221 Å². The van der Waals surface area contributed by atoms with Gasteiger partial charge in [0.2, 0.25) is 5.91 Å². The van der Waals surface area contributed by atoms with E-state index in [4.69, 9.17) is 27.9 Å². The zero-order chi connectivity index (χ0) is 26.7. The van der Waals surface area contributed by atoms with E-state index in [1.807, 2.05) is 0 Å². The van der Waals surface area contributed by atoms with Crippen LogP contribution in [0.1, 0.15) is 13.3 Å². The van der Waals surface area contributed by atoms with Crippen LogP contribution < -0.4 is 14.4 Å². The number of methoxy groups -OCH3 is 1. The molecule has 4 aromatic rings. The van der Waals surface area contributed by atoms with Crippen molar-refractivity contribution < 1.29 is 26.9 Å². The number of aromatic nitrogens is 2. The Morgan fingerprint density at radius 2 is 1.95 bits per heavy atom. The summed E-state index contributed by atoms with van der Waals surface area (Å²) in [5, 5.41) is 3.91. The molecule has 0 aliphatic heterocycles. The lowest BCUT2D eigenvalue weighted by atomic mass is 10.0. The number of ether oxygens (including phenoxy) is 1. The van der Waals surface area contributed by atoms with Gasteiger partial charge in [0.25, 0.3) is 10.0 Å². The standard InChI is InChI=1S/C24H19Cl2FN4O5S/c1-3-24(32)31(23-5-4-17(13-28-23)37(33,34)30-22-6-7-36-29-22)20-12-19(26)18(11-21(20)35-2)14-8-15(25)10-16(27)9-14/h4-13H,3H2,1-2H3,(H,29,30). The van der Waals surface area contributed by atoms with Crippen LogP contribution in [-0.2, 0) is 14.8 Å².